The lowest BCUT2D eigenvalue weighted by molar-refractivity contribution is -0.135. The first kappa shape index (κ1) is 20.9. The van der Waals surface area contributed by atoms with Crippen LogP contribution in [0.2, 0.25) is 0 Å². The van der Waals surface area contributed by atoms with Crippen molar-refractivity contribution in [1.82, 2.24) is 9.80 Å². The number of piperidine rings is 2. The summed E-state index contributed by atoms with van der Waals surface area (Å²) in [7, 11) is 0. The number of carbonyl (C=O) groups excluding carboxylic acids is 1. The monoisotopic (exact) mass is 398 g/mol. The second-order valence-corrected chi connectivity index (χ2v) is 9.51. The van der Waals surface area contributed by atoms with Gasteiger partial charge in [-0.15, -0.1) is 0 Å². The van der Waals surface area contributed by atoms with Crippen LogP contribution in [0.3, 0.4) is 0 Å². The average molecular weight is 399 g/mol. The van der Waals surface area contributed by atoms with Gasteiger partial charge in [0, 0.05) is 26.2 Å². The van der Waals surface area contributed by atoms with Crippen molar-refractivity contribution in [2.45, 2.75) is 76.9 Å². The number of aryl methyl sites for hydroxylation is 2. The van der Waals surface area contributed by atoms with Crippen molar-refractivity contribution in [3.05, 3.63) is 35.4 Å². The van der Waals surface area contributed by atoms with Gasteiger partial charge in [0.2, 0.25) is 5.91 Å². The summed E-state index contributed by atoms with van der Waals surface area (Å²) < 4.78 is 6.15. The molecule has 4 rings (SSSR count). The molecule has 3 fully saturated rings. The van der Waals surface area contributed by atoms with Gasteiger partial charge in [-0.2, -0.15) is 0 Å². The Hall–Kier alpha value is -1.39. The molecule has 0 unspecified atom stereocenters. The highest BCUT2D eigenvalue weighted by Gasteiger charge is 2.28. The Morgan fingerprint density at radius 1 is 0.931 bits per heavy atom. The number of amides is 1. The van der Waals surface area contributed by atoms with E-state index in [0.29, 0.717) is 24.7 Å². The van der Waals surface area contributed by atoms with Gasteiger partial charge in [-0.25, -0.2) is 0 Å². The average Bonchev–Trinajstić information content (AvgIpc) is 2.72. The molecule has 0 spiro atoms. The van der Waals surface area contributed by atoms with Crippen molar-refractivity contribution in [2.75, 3.05) is 32.7 Å². The number of hydrogen-bond acceptors (Lipinski definition) is 3. The standard InChI is InChI=1S/C25H38N2O2/c1-20-5-7-21(8-6-20)9-10-22-11-17-27(18-12-22)25(28)19-26-15-13-24(14-16-26)29-23-3-2-4-23/h5-8,22-24H,2-4,9-19H2,1H3. The molecule has 0 radical (unpaired) electrons. The van der Waals surface area contributed by atoms with Gasteiger partial charge in [0.1, 0.15) is 0 Å². The highest BCUT2D eigenvalue weighted by Crippen LogP contribution is 2.27. The molecule has 4 nitrogen and oxygen atoms in total. The lowest BCUT2D eigenvalue weighted by atomic mass is 9.90. The maximum Gasteiger partial charge on any atom is 0.236 e. The van der Waals surface area contributed by atoms with E-state index in [9.17, 15) is 4.79 Å². The van der Waals surface area contributed by atoms with Gasteiger partial charge in [0.05, 0.1) is 18.8 Å². The van der Waals surface area contributed by atoms with Crippen molar-refractivity contribution in [2.24, 2.45) is 5.92 Å². The molecule has 2 heterocycles. The zero-order valence-electron chi connectivity index (χ0n) is 18.2. The van der Waals surface area contributed by atoms with Gasteiger partial charge in [-0.05, 0) is 76.2 Å². The van der Waals surface area contributed by atoms with Crippen LogP contribution in [0, 0.1) is 12.8 Å². The van der Waals surface area contributed by atoms with E-state index in [-0.39, 0.29) is 0 Å². The van der Waals surface area contributed by atoms with E-state index in [2.05, 4.69) is 41.0 Å². The summed E-state index contributed by atoms with van der Waals surface area (Å²) in [5, 5.41) is 0. The van der Waals surface area contributed by atoms with Crippen LogP contribution in [-0.2, 0) is 16.0 Å². The number of rotatable bonds is 7. The Morgan fingerprint density at radius 2 is 1.59 bits per heavy atom. The molecule has 2 saturated heterocycles. The Morgan fingerprint density at radius 3 is 2.21 bits per heavy atom. The minimum absolute atomic E-state index is 0.334. The lowest BCUT2D eigenvalue weighted by Crippen LogP contribution is -2.47. The van der Waals surface area contributed by atoms with E-state index in [1.807, 2.05) is 0 Å². The largest absolute Gasteiger partial charge is 0.375 e. The maximum absolute atomic E-state index is 12.8. The molecule has 160 valence electrons. The zero-order valence-corrected chi connectivity index (χ0v) is 18.2. The van der Waals surface area contributed by atoms with Crippen LogP contribution in [0.4, 0.5) is 0 Å². The maximum atomic E-state index is 12.8. The van der Waals surface area contributed by atoms with Crippen LogP contribution >= 0.6 is 0 Å². The van der Waals surface area contributed by atoms with Crippen LogP contribution in [0.1, 0.15) is 62.5 Å². The molecule has 3 aliphatic rings. The molecule has 29 heavy (non-hydrogen) atoms. The number of hydrogen-bond donors (Lipinski definition) is 0. The molecule has 2 aliphatic heterocycles. The third-order valence-electron chi connectivity index (χ3n) is 7.26. The summed E-state index contributed by atoms with van der Waals surface area (Å²) in [6, 6.07) is 8.93. The Balaban J connectivity index is 1.11. The summed E-state index contributed by atoms with van der Waals surface area (Å²) in [5.41, 5.74) is 2.77. The zero-order chi connectivity index (χ0) is 20.1. The summed E-state index contributed by atoms with van der Waals surface area (Å²) >= 11 is 0. The van der Waals surface area contributed by atoms with Crippen molar-refractivity contribution in [1.29, 1.82) is 0 Å². The molecule has 0 aromatic heterocycles. The molecule has 0 atom stereocenters. The molecule has 1 aromatic carbocycles. The van der Waals surface area contributed by atoms with Crippen LogP contribution in [0.15, 0.2) is 24.3 Å². The quantitative estimate of drug-likeness (QED) is 0.690. The van der Waals surface area contributed by atoms with E-state index in [1.54, 1.807) is 0 Å². The minimum Gasteiger partial charge on any atom is -0.375 e. The summed E-state index contributed by atoms with van der Waals surface area (Å²) in [6.45, 7) is 6.65. The Labute approximate surface area is 176 Å². The molecular weight excluding hydrogens is 360 g/mol. The summed E-state index contributed by atoms with van der Waals surface area (Å²) in [4.78, 5) is 17.2. The predicted octanol–water partition coefficient (Wildman–Crippen LogP) is 4.20. The fraction of sp³-hybridized carbons (Fsp3) is 0.720. The SMILES string of the molecule is Cc1ccc(CCC2CCN(C(=O)CN3CCC(OC4CCC4)CC3)CC2)cc1. The third-order valence-corrected chi connectivity index (χ3v) is 7.26. The van der Waals surface area contributed by atoms with Gasteiger partial charge >= 0.3 is 0 Å². The Kier molecular flexibility index (Phi) is 7.25. The predicted molar refractivity (Wildman–Crippen MR) is 117 cm³/mol. The number of likely N-dealkylation sites (tertiary alicyclic amines) is 2. The highest BCUT2D eigenvalue weighted by atomic mass is 16.5. The first-order valence-electron chi connectivity index (χ1n) is 11.9. The summed E-state index contributed by atoms with van der Waals surface area (Å²) in [6.07, 6.45) is 11.7. The van der Waals surface area contributed by atoms with Crippen LogP contribution in [-0.4, -0.2) is 60.6 Å². The van der Waals surface area contributed by atoms with Crippen molar-refractivity contribution < 1.29 is 9.53 Å². The van der Waals surface area contributed by atoms with Crippen LogP contribution in [0.25, 0.3) is 0 Å². The molecule has 0 N–H and O–H groups in total. The van der Waals surface area contributed by atoms with Crippen molar-refractivity contribution >= 4 is 5.91 Å². The van der Waals surface area contributed by atoms with Crippen LogP contribution < -0.4 is 0 Å². The van der Waals surface area contributed by atoms with E-state index >= 15 is 0 Å². The number of carbonyl (C=O) groups is 1. The molecule has 1 aliphatic carbocycles. The van der Waals surface area contributed by atoms with Crippen molar-refractivity contribution in [3.63, 3.8) is 0 Å². The van der Waals surface area contributed by atoms with E-state index in [0.717, 1.165) is 64.2 Å². The minimum atomic E-state index is 0.334. The van der Waals surface area contributed by atoms with Gasteiger partial charge in [-0.3, -0.25) is 9.69 Å². The molecular formula is C25H38N2O2. The lowest BCUT2D eigenvalue weighted by Gasteiger charge is -2.37. The Bertz CT molecular complexity index is 639. The second-order valence-electron chi connectivity index (χ2n) is 9.51. The van der Waals surface area contributed by atoms with Crippen LogP contribution in [0.5, 0.6) is 0 Å². The first-order valence-corrected chi connectivity index (χ1v) is 11.9. The smallest absolute Gasteiger partial charge is 0.236 e. The fourth-order valence-electron chi connectivity index (χ4n) is 4.87. The number of ether oxygens (including phenoxy) is 1. The highest BCUT2D eigenvalue weighted by molar-refractivity contribution is 5.78. The third kappa shape index (κ3) is 6.05. The van der Waals surface area contributed by atoms with Gasteiger partial charge < -0.3 is 9.64 Å². The summed E-state index contributed by atoms with van der Waals surface area (Å²) in [5.74, 6) is 1.10. The van der Waals surface area contributed by atoms with Gasteiger partial charge in [-0.1, -0.05) is 29.8 Å². The molecule has 4 heteroatoms. The van der Waals surface area contributed by atoms with Gasteiger partial charge in [0.25, 0.3) is 0 Å². The second kappa shape index (κ2) is 10.1. The normalized spacial score (nSPS) is 22.6. The molecule has 1 saturated carbocycles. The first-order chi connectivity index (χ1) is 14.2. The number of nitrogens with zero attached hydrogens (tertiary/aromatic N) is 2. The topological polar surface area (TPSA) is 32.8 Å². The van der Waals surface area contributed by atoms with E-state index in [4.69, 9.17) is 4.74 Å². The number of benzene rings is 1. The molecule has 1 aromatic rings. The molecule has 0 bridgehead atoms. The fourth-order valence-corrected chi connectivity index (χ4v) is 4.87. The van der Waals surface area contributed by atoms with Gasteiger partial charge in [0.15, 0.2) is 0 Å². The van der Waals surface area contributed by atoms with E-state index < -0.39 is 0 Å². The molecule has 1 amide bonds. The van der Waals surface area contributed by atoms with Crippen molar-refractivity contribution in [3.8, 4) is 0 Å². The van der Waals surface area contributed by atoms with E-state index in [1.165, 1.54) is 36.8 Å².